The Bertz CT molecular complexity index is 1170. The second-order valence-electron chi connectivity index (χ2n) is 8.92. The first-order valence-corrected chi connectivity index (χ1v) is 13.8. The maximum absolute atomic E-state index is 13.5. The summed E-state index contributed by atoms with van der Waals surface area (Å²) in [6.07, 6.45) is 1.03. The highest BCUT2D eigenvalue weighted by atomic mass is 79.9. The molecule has 0 saturated heterocycles. The average molecular weight is 593 g/mol. The molecule has 11 heteroatoms. The average Bonchev–Trinajstić information content (AvgIpc) is 2.68. The number of carbonyl (C=O) groups is 2. The highest BCUT2D eigenvalue weighted by molar-refractivity contribution is 9.10. The molecular weight excluding hydrogens is 565 g/mol. The summed E-state index contributed by atoms with van der Waals surface area (Å²) in [5, 5.41) is 3.63. The number of nitrogens with zero attached hydrogens (tertiary/aromatic N) is 2. The monoisotopic (exact) mass is 591 g/mol. The van der Waals surface area contributed by atoms with Gasteiger partial charge in [0.05, 0.1) is 11.9 Å². The van der Waals surface area contributed by atoms with Gasteiger partial charge in [0.15, 0.2) is 0 Å². The quantitative estimate of drug-likeness (QED) is 0.474. The summed E-state index contributed by atoms with van der Waals surface area (Å²) in [5.41, 5.74) is 0.372. The Morgan fingerprint density at radius 2 is 1.76 bits per heavy atom. The summed E-state index contributed by atoms with van der Waals surface area (Å²) in [7, 11) is -3.80. The maximum atomic E-state index is 13.5. The molecule has 34 heavy (non-hydrogen) atoms. The molecule has 2 aromatic rings. The summed E-state index contributed by atoms with van der Waals surface area (Å²) in [6, 6.07) is 10.6. The maximum Gasteiger partial charge on any atom is 0.244 e. The number of amides is 2. The van der Waals surface area contributed by atoms with E-state index in [4.69, 9.17) is 23.2 Å². The number of hydrogen-bond acceptors (Lipinski definition) is 4. The lowest BCUT2D eigenvalue weighted by Crippen LogP contribution is -2.54. The van der Waals surface area contributed by atoms with Gasteiger partial charge in [0.2, 0.25) is 21.8 Å². The van der Waals surface area contributed by atoms with E-state index in [-0.39, 0.29) is 12.5 Å². The number of sulfonamides is 1. The van der Waals surface area contributed by atoms with Crippen molar-refractivity contribution in [3.63, 3.8) is 0 Å². The van der Waals surface area contributed by atoms with Crippen LogP contribution in [0.1, 0.15) is 33.3 Å². The van der Waals surface area contributed by atoms with Gasteiger partial charge in [-0.15, -0.1) is 0 Å². The third kappa shape index (κ3) is 8.15. The predicted molar refractivity (Wildman–Crippen MR) is 141 cm³/mol. The molecule has 2 aromatic carbocycles. The molecule has 0 fully saturated rings. The summed E-state index contributed by atoms with van der Waals surface area (Å²) >= 11 is 15.6. The SMILES string of the molecule is C[C@@H](C(=O)NC(C)(C)C)N(Cc1ccc(Cl)cc1Cl)C(=O)CN(c1cccc(Br)c1)S(C)(=O)=O. The number of rotatable bonds is 8. The van der Waals surface area contributed by atoms with Gasteiger partial charge in [-0.2, -0.15) is 0 Å². The van der Waals surface area contributed by atoms with Gasteiger partial charge in [-0.05, 0) is 63.6 Å². The molecule has 7 nitrogen and oxygen atoms in total. The van der Waals surface area contributed by atoms with Gasteiger partial charge in [-0.1, -0.05) is 51.3 Å². The highest BCUT2D eigenvalue weighted by Crippen LogP contribution is 2.25. The van der Waals surface area contributed by atoms with E-state index >= 15 is 0 Å². The molecule has 0 heterocycles. The number of carbonyl (C=O) groups excluding carboxylic acids is 2. The normalized spacial score (nSPS) is 12.7. The molecular formula is C23H28BrCl2N3O4S. The lowest BCUT2D eigenvalue weighted by Gasteiger charge is -2.33. The fraction of sp³-hybridized carbons (Fsp3) is 0.391. The second kappa shape index (κ2) is 11.3. The summed E-state index contributed by atoms with van der Waals surface area (Å²) in [4.78, 5) is 27.8. The molecule has 1 N–H and O–H groups in total. The van der Waals surface area contributed by atoms with E-state index in [9.17, 15) is 18.0 Å². The van der Waals surface area contributed by atoms with E-state index in [0.29, 0.717) is 25.8 Å². The lowest BCUT2D eigenvalue weighted by molar-refractivity contribution is -0.140. The van der Waals surface area contributed by atoms with Crippen molar-refractivity contribution in [2.45, 2.75) is 45.8 Å². The first kappa shape index (κ1) is 28.4. The molecule has 1 atom stereocenters. The topological polar surface area (TPSA) is 86.8 Å². The third-order valence-electron chi connectivity index (χ3n) is 4.80. The zero-order valence-electron chi connectivity index (χ0n) is 19.6. The van der Waals surface area contributed by atoms with Crippen molar-refractivity contribution in [3.8, 4) is 0 Å². The van der Waals surface area contributed by atoms with Gasteiger partial charge in [0.25, 0.3) is 0 Å². The van der Waals surface area contributed by atoms with Crippen LogP contribution < -0.4 is 9.62 Å². The Morgan fingerprint density at radius 1 is 1.12 bits per heavy atom. The van der Waals surface area contributed by atoms with E-state index in [1.165, 1.54) is 4.90 Å². The zero-order valence-corrected chi connectivity index (χ0v) is 23.5. The fourth-order valence-corrected chi connectivity index (χ4v) is 4.83. The molecule has 2 rings (SSSR count). The first-order chi connectivity index (χ1) is 15.6. The van der Waals surface area contributed by atoms with E-state index in [1.54, 1.807) is 49.4 Å². The van der Waals surface area contributed by atoms with E-state index in [1.807, 2.05) is 20.8 Å². The summed E-state index contributed by atoms with van der Waals surface area (Å²) in [5.74, 6) is -0.938. The molecule has 0 aliphatic heterocycles. The number of nitrogens with one attached hydrogen (secondary N) is 1. The Balaban J connectivity index is 2.44. The van der Waals surface area contributed by atoms with E-state index in [2.05, 4.69) is 21.2 Å². The van der Waals surface area contributed by atoms with Crippen LogP contribution in [0.2, 0.25) is 10.0 Å². The Morgan fingerprint density at radius 3 is 2.29 bits per heavy atom. The van der Waals surface area contributed by atoms with Crippen LogP contribution in [0.3, 0.4) is 0 Å². The van der Waals surface area contributed by atoms with Crippen molar-refractivity contribution in [2.75, 3.05) is 17.1 Å². The van der Waals surface area contributed by atoms with Crippen LogP contribution in [-0.4, -0.2) is 49.5 Å². The molecule has 0 spiro atoms. The predicted octanol–water partition coefficient (Wildman–Crippen LogP) is 4.85. The number of anilines is 1. The van der Waals surface area contributed by atoms with Crippen molar-refractivity contribution in [1.82, 2.24) is 10.2 Å². The molecule has 2 amide bonds. The van der Waals surface area contributed by atoms with Crippen molar-refractivity contribution in [3.05, 3.63) is 62.5 Å². The molecule has 0 saturated carbocycles. The Hall–Kier alpha value is -1.81. The van der Waals surface area contributed by atoms with Crippen molar-refractivity contribution >= 4 is 66.7 Å². The summed E-state index contributed by atoms with van der Waals surface area (Å²) < 4.78 is 26.8. The fourth-order valence-electron chi connectivity index (χ4n) is 3.14. The van der Waals surface area contributed by atoms with Crippen LogP contribution in [0.25, 0.3) is 0 Å². The van der Waals surface area contributed by atoms with E-state index < -0.39 is 34.1 Å². The zero-order chi connectivity index (χ0) is 25.8. The largest absolute Gasteiger partial charge is 0.350 e. The van der Waals surface area contributed by atoms with Crippen LogP contribution >= 0.6 is 39.1 Å². The van der Waals surface area contributed by atoms with Crippen molar-refractivity contribution in [1.29, 1.82) is 0 Å². The molecule has 0 aliphatic rings. The second-order valence-corrected chi connectivity index (χ2v) is 12.6. The van der Waals surface area contributed by atoms with Gasteiger partial charge in [-0.25, -0.2) is 8.42 Å². The van der Waals surface area contributed by atoms with Gasteiger partial charge in [0.1, 0.15) is 12.6 Å². The Kier molecular flexibility index (Phi) is 9.44. The molecule has 0 bridgehead atoms. The number of benzene rings is 2. The van der Waals surface area contributed by atoms with Crippen LogP contribution in [0, 0.1) is 0 Å². The van der Waals surface area contributed by atoms with Crippen LogP contribution in [-0.2, 0) is 26.2 Å². The molecule has 0 aromatic heterocycles. The number of halogens is 3. The third-order valence-corrected chi connectivity index (χ3v) is 7.02. The van der Waals surface area contributed by atoms with Gasteiger partial charge in [0, 0.05) is 26.6 Å². The minimum absolute atomic E-state index is 0.0103. The number of hydrogen-bond donors (Lipinski definition) is 1. The Labute approximate surface area is 219 Å². The van der Waals surface area contributed by atoms with Crippen LogP contribution in [0.4, 0.5) is 5.69 Å². The molecule has 0 unspecified atom stereocenters. The molecule has 0 aliphatic carbocycles. The highest BCUT2D eigenvalue weighted by Gasteiger charge is 2.31. The van der Waals surface area contributed by atoms with Gasteiger partial charge < -0.3 is 10.2 Å². The standard InChI is InChI=1S/C23H28BrCl2N3O4S/c1-15(22(31)27-23(2,3)4)28(13-16-9-10-18(25)12-20(16)26)21(30)14-29(34(5,32)33)19-8-6-7-17(24)11-19/h6-12,15H,13-14H2,1-5H3,(H,27,31)/t15-/m0/s1. The minimum Gasteiger partial charge on any atom is -0.350 e. The smallest absolute Gasteiger partial charge is 0.244 e. The minimum atomic E-state index is -3.80. The molecule has 0 radical (unpaired) electrons. The molecule has 186 valence electrons. The summed E-state index contributed by atoms with van der Waals surface area (Å²) in [6.45, 7) is 6.58. The van der Waals surface area contributed by atoms with Crippen LogP contribution in [0.15, 0.2) is 46.9 Å². The van der Waals surface area contributed by atoms with Crippen molar-refractivity contribution < 1.29 is 18.0 Å². The first-order valence-electron chi connectivity index (χ1n) is 10.4. The van der Waals surface area contributed by atoms with Crippen molar-refractivity contribution in [2.24, 2.45) is 0 Å². The lowest BCUT2D eigenvalue weighted by atomic mass is 10.1. The van der Waals surface area contributed by atoms with E-state index in [0.717, 1.165) is 10.6 Å². The van der Waals surface area contributed by atoms with Crippen LogP contribution in [0.5, 0.6) is 0 Å². The van der Waals surface area contributed by atoms with Gasteiger partial charge >= 0.3 is 0 Å². The van der Waals surface area contributed by atoms with Gasteiger partial charge in [-0.3, -0.25) is 13.9 Å².